The molecule has 0 aromatic rings. The summed E-state index contributed by atoms with van der Waals surface area (Å²) in [6.45, 7) is 2.76. The summed E-state index contributed by atoms with van der Waals surface area (Å²) in [6, 6.07) is 0.305. The molecule has 1 aliphatic rings. The van der Waals surface area contributed by atoms with E-state index in [9.17, 15) is 9.59 Å². The molecule has 1 aliphatic carbocycles. The van der Waals surface area contributed by atoms with Gasteiger partial charge in [0.1, 0.15) is 0 Å². The second-order valence-electron chi connectivity index (χ2n) is 5.90. The second kappa shape index (κ2) is 7.48. The number of rotatable bonds is 5. The van der Waals surface area contributed by atoms with Crippen molar-refractivity contribution >= 4 is 11.8 Å². The van der Waals surface area contributed by atoms with Gasteiger partial charge in [0.05, 0.1) is 13.1 Å². The fraction of sp³-hybridized carbons (Fsp3) is 0.857. The van der Waals surface area contributed by atoms with Gasteiger partial charge in [-0.05, 0) is 25.8 Å². The molecule has 1 fully saturated rings. The Balaban J connectivity index is 2.32. The number of hydrogen-bond acceptors (Lipinski definition) is 3. The minimum atomic E-state index is 0.0151. The Hall–Kier alpha value is -1.10. The normalized spacial score (nSPS) is 23.2. The van der Waals surface area contributed by atoms with Crippen LogP contribution in [0.25, 0.3) is 0 Å². The third-order valence-corrected chi connectivity index (χ3v) is 3.78. The first-order valence-corrected chi connectivity index (χ1v) is 7.08. The molecule has 1 N–H and O–H groups in total. The third-order valence-electron chi connectivity index (χ3n) is 3.78. The van der Waals surface area contributed by atoms with Gasteiger partial charge in [0.25, 0.3) is 0 Å². The second-order valence-corrected chi connectivity index (χ2v) is 5.90. The summed E-state index contributed by atoms with van der Waals surface area (Å²) in [6.07, 6.45) is 4.74. The van der Waals surface area contributed by atoms with Gasteiger partial charge in [-0.25, -0.2) is 0 Å². The Morgan fingerprint density at radius 1 is 1.11 bits per heavy atom. The van der Waals surface area contributed by atoms with E-state index >= 15 is 0 Å². The fourth-order valence-corrected chi connectivity index (χ4v) is 2.46. The minimum Gasteiger partial charge on any atom is -0.352 e. The number of hydrogen-bond donors (Lipinski definition) is 1. The van der Waals surface area contributed by atoms with Crippen LogP contribution in [0, 0.1) is 5.92 Å². The largest absolute Gasteiger partial charge is 0.352 e. The van der Waals surface area contributed by atoms with Crippen LogP contribution in [0.15, 0.2) is 0 Å². The van der Waals surface area contributed by atoms with E-state index in [4.69, 9.17) is 0 Å². The lowest BCUT2D eigenvalue weighted by Gasteiger charge is -2.30. The topological polar surface area (TPSA) is 52.7 Å². The molecule has 0 spiro atoms. The molecule has 0 aromatic heterocycles. The van der Waals surface area contributed by atoms with E-state index in [1.54, 1.807) is 26.0 Å². The quantitative estimate of drug-likeness (QED) is 0.799. The lowest BCUT2D eigenvalue weighted by Crippen LogP contribution is -2.46. The number of likely N-dealkylation sites (N-methyl/N-ethyl adjacent to an activating group) is 2. The zero-order valence-corrected chi connectivity index (χ0v) is 12.6. The fourth-order valence-electron chi connectivity index (χ4n) is 2.46. The lowest BCUT2D eigenvalue weighted by atomic mass is 9.86. The summed E-state index contributed by atoms with van der Waals surface area (Å²) < 4.78 is 0. The van der Waals surface area contributed by atoms with Crippen LogP contribution >= 0.6 is 0 Å². The molecule has 110 valence electrons. The molecule has 5 nitrogen and oxygen atoms in total. The minimum absolute atomic E-state index is 0.0151. The zero-order chi connectivity index (χ0) is 14.4. The van der Waals surface area contributed by atoms with Gasteiger partial charge in [-0.1, -0.05) is 19.8 Å². The molecule has 0 heterocycles. The first-order valence-electron chi connectivity index (χ1n) is 7.08. The van der Waals surface area contributed by atoms with Crippen LogP contribution in [0.2, 0.25) is 0 Å². The Morgan fingerprint density at radius 2 is 1.74 bits per heavy atom. The van der Waals surface area contributed by atoms with Gasteiger partial charge in [0.15, 0.2) is 0 Å². The van der Waals surface area contributed by atoms with Gasteiger partial charge < -0.3 is 10.2 Å². The van der Waals surface area contributed by atoms with Crippen molar-refractivity contribution in [2.24, 2.45) is 5.92 Å². The number of carbonyl (C=O) groups is 2. The first-order chi connectivity index (χ1) is 8.90. The smallest absolute Gasteiger partial charge is 0.236 e. The van der Waals surface area contributed by atoms with E-state index in [2.05, 4.69) is 12.2 Å². The van der Waals surface area contributed by atoms with Crippen molar-refractivity contribution in [1.29, 1.82) is 0 Å². The predicted molar refractivity (Wildman–Crippen MR) is 75.8 cm³/mol. The number of nitrogens with one attached hydrogen (secondary N) is 1. The molecular weight excluding hydrogens is 242 g/mol. The van der Waals surface area contributed by atoms with Crippen molar-refractivity contribution in [2.45, 2.75) is 38.6 Å². The average Bonchev–Trinajstić information content (AvgIpc) is 2.31. The molecule has 2 atom stereocenters. The van der Waals surface area contributed by atoms with Crippen LogP contribution < -0.4 is 5.32 Å². The Kier molecular flexibility index (Phi) is 6.28. The third kappa shape index (κ3) is 5.59. The van der Waals surface area contributed by atoms with E-state index in [1.807, 2.05) is 0 Å². The van der Waals surface area contributed by atoms with Crippen LogP contribution in [0.3, 0.4) is 0 Å². The molecule has 0 aliphatic heterocycles. The summed E-state index contributed by atoms with van der Waals surface area (Å²) in [4.78, 5) is 26.8. The van der Waals surface area contributed by atoms with Crippen molar-refractivity contribution in [3.8, 4) is 0 Å². The van der Waals surface area contributed by atoms with Crippen molar-refractivity contribution in [3.63, 3.8) is 0 Å². The summed E-state index contributed by atoms with van der Waals surface area (Å²) in [5, 5.41) is 3.10. The maximum Gasteiger partial charge on any atom is 0.236 e. The van der Waals surface area contributed by atoms with Gasteiger partial charge in [0, 0.05) is 20.1 Å². The van der Waals surface area contributed by atoms with Crippen LogP contribution in [-0.2, 0) is 9.59 Å². The standard InChI is InChI=1S/C14H27N3O2/c1-11-7-5-6-8-12(11)15-13(18)9-17(4)10-14(19)16(2)3/h11-12H,5-10H2,1-4H3,(H,15,18). The summed E-state index contributed by atoms with van der Waals surface area (Å²) >= 11 is 0. The molecule has 19 heavy (non-hydrogen) atoms. The summed E-state index contributed by atoms with van der Waals surface area (Å²) in [5.74, 6) is 0.598. The van der Waals surface area contributed by atoms with Gasteiger partial charge >= 0.3 is 0 Å². The van der Waals surface area contributed by atoms with Crippen LogP contribution in [0.1, 0.15) is 32.6 Å². The number of carbonyl (C=O) groups excluding carboxylic acids is 2. The highest BCUT2D eigenvalue weighted by molar-refractivity contribution is 5.81. The number of nitrogens with zero attached hydrogens (tertiary/aromatic N) is 2. The van der Waals surface area contributed by atoms with Crippen molar-refractivity contribution in [2.75, 3.05) is 34.2 Å². The van der Waals surface area contributed by atoms with E-state index in [0.29, 0.717) is 12.0 Å². The van der Waals surface area contributed by atoms with Crippen LogP contribution in [0.5, 0.6) is 0 Å². The molecule has 2 amide bonds. The predicted octanol–water partition coefficient (Wildman–Crippen LogP) is 0.701. The van der Waals surface area contributed by atoms with E-state index < -0.39 is 0 Å². The highest BCUT2D eigenvalue weighted by Gasteiger charge is 2.23. The van der Waals surface area contributed by atoms with Gasteiger partial charge in [-0.15, -0.1) is 0 Å². The van der Waals surface area contributed by atoms with Crippen molar-refractivity contribution in [1.82, 2.24) is 15.1 Å². The molecular formula is C14H27N3O2. The molecule has 0 bridgehead atoms. The average molecular weight is 269 g/mol. The van der Waals surface area contributed by atoms with E-state index in [-0.39, 0.29) is 24.9 Å². The molecule has 1 rings (SSSR count). The Morgan fingerprint density at radius 3 is 2.32 bits per heavy atom. The monoisotopic (exact) mass is 269 g/mol. The maximum atomic E-state index is 11.9. The van der Waals surface area contributed by atoms with Crippen molar-refractivity contribution in [3.05, 3.63) is 0 Å². The molecule has 0 aromatic carbocycles. The van der Waals surface area contributed by atoms with Gasteiger partial charge in [-0.2, -0.15) is 0 Å². The first kappa shape index (κ1) is 16.0. The van der Waals surface area contributed by atoms with Crippen LogP contribution in [0.4, 0.5) is 0 Å². The van der Waals surface area contributed by atoms with Gasteiger partial charge in [0.2, 0.25) is 11.8 Å². The number of amides is 2. The lowest BCUT2D eigenvalue weighted by molar-refractivity contribution is -0.130. The van der Waals surface area contributed by atoms with E-state index in [1.165, 1.54) is 24.2 Å². The highest BCUT2D eigenvalue weighted by atomic mass is 16.2. The van der Waals surface area contributed by atoms with Crippen LogP contribution in [-0.4, -0.2) is 61.9 Å². The Labute approximate surface area is 116 Å². The Bertz CT molecular complexity index is 318. The summed E-state index contributed by atoms with van der Waals surface area (Å²) in [5.41, 5.74) is 0. The molecule has 2 unspecified atom stereocenters. The highest BCUT2D eigenvalue weighted by Crippen LogP contribution is 2.23. The molecule has 1 saturated carbocycles. The SMILES string of the molecule is CC1CCCCC1NC(=O)CN(C)CC(=O)N(C)C. The molecule has 5 heteroatoms. The maximum absolute atomic E-state index is 11.9. The van der Waals surface area contributed by atoms with Gasteiger partial charge in [-0.3, -0.25) is 14.5 Å². The van der Waals surface area contributed by atoms with E-state index in [0.717, 1.165) is 6.42 Å². The van der Waals surface area contributed by atoms with Crippen molar-refractivity contribution < 1.29 is 9.59 Å². The summed E-state index contributed by atoms with van der Waals surface area (Å²) in [7, 11) is 5.24. The molecule has 0 saturated heterocycles. The molecule has 0 radical (unpaired) electrons. The zero-order valence-electron chi connectivity index (χ0n) is 12.6.